The second kappa shape index (κ2) is 2.13. The van der Waals surface area contributed by atoms with Gasteiger partial charge in [0.2, 0.25) is 0 Å². The summed E-state index contributed by atoms with van der Waals surface area (Å²) in [6.07, 6.45) is 1.26. The van der Waals surface area contributed by atoms with E-state index in [4.69, 9.17) is 10.5 Å². The molecule has 8 heavy (non-hydrogen) atoms. The third kappa shape index (κ3) is 0.980. The van der Waals surface area contributed by atoms with Gasteiger partial charge >= 0.3 is 0 Å². The minimum Gasteiger partial charge on any atom is -0.368 e. The van der Waals surface area contributed by atoms with E-state index in [1.807, 2.05) is 0 Å². The molecule has 1 unspecified atom stereocenters. The summed E-state index contributed by atoms with van der Waals surface area (Å²) in [5, 5.41) is 0. The molecule has 1 N–H and O–H groups in total. The summed E-state index contributed by atoms with van der Waals surface area (Å²) in [5.74, 6) is -0.581. The molecule has 1 heterocycles. The number of carbonyl (C=O) groups is 1. The van der Waals surface area contributed by atoms with Crippen molar-refractivity contribution in [2.24, 2.45) is 0 Å². The molecule has 0 aromatic rings. The lowest BCUT2D eigenvalue weighted by Gasteiger charge is -1.99. The van der Waals surface area contributed by atoms with Crippen LogP contribution in [-0.4, -0.2) is 18.6 Å². The van der Waals surface area contributed by atoms with E-state index < -0.39 is 12.0 Å². The highest BCUT2D eigenvalue weighted by Crippen LogP contribution is 2.10. The Morgan fingerprint density at radius 1 is 1.75 bits per heavy atom. The summed E-state index contributed by atoms with van der Waals surface area (Å²) in [7, 11) is 0. The second-order valence-corrected chi connectivity index (χ2v) is 1.87. The number of rotatable bonds is 1. The Bertz CT molecular complexity index is 96.6. The predicted octanol–water partition coefficient (Wildman–Crippen LogP) is -0.0251. The highest BCUT2D eigenvalue weighted by atomic mass is 16.5. The van der Waals surface area contributed by atoms with Gasteiger partial charge in [0, 0.05) is 6.61 Å². The molecule has 0 bridgehead atoms. The van der Waals surface area contributed by atoms with Gasteiger partial charge in [-0.05, 0) is 12.8 Å². The zero-order valence-electron chi connectivity index (χ0n) is 4.52. The smallest absolute Gasteiger partial charge is 0.267 e. The normalized spacial score (nSPS) is 28.2. The van der Waals surface area contributed by atoms with E-state index in [0.717, 1.165) is 12.8 Å². The number of nitrogens with one attached hydrogen (secondary N) is 1. The molecule has 0 spiro atoms. The lowest BCUT2D eigenvalue weighted by molar-refractivity contribution is -0.127. The Morgan fingerprint density at radius 3 is 2.75 bits per heavy atom. The molecule has 1 aliphatic rings. The summed E-state index contributed by atoms with van der Waals surface area (Å²) in [6.45, 7) is 0.648. The van der Waals surface area contributed by atoms with Crippen LogP contribution in [0.3, 0.4) is 0 Å². The Balaban J connectivity index is 2.35. The van der Waals surface area contributed by atoms with Crippen molar-refractivity contribution < 1.29 is 9.53 Å². The molecular weight excluding hydrogens is 106 g/mol. The molecule has 1 atom stereocenters. The van der Waals surface area contributed by atoms with Crippen LogP contribution in [0.2, 0.25) is 0 Å². The molecule has 3 heteroatoms. The monoisotopic (exact) mass is 114 g/mol. The Labute approximate surface area is 47.8 Å². The van der Waals surface area contributed by atoms with Crippen LogP contribution in [0.5, 0.6) is 0 Å². The number of hydrogen-bond donors (Lipinski definition) is 0. The van der Waals surface area contributed by atoms with Gasteiger partial charge in [0.15, 0.2) is 0 Å². The standard InChI is InChI=1S/C5H8NO2/c6-5(7)4-2-1-3-8-4/h4,6H,1-3H2. The first kappa shape index (κ1) is 5.56. The van der Waals surface area contributed by atoms with E-state index in [1.165, 1.54) is 0 Å². The average Bonchev–Trinajstić information content (AvgIpc) is 2.12. The van der Waals surface area contributed by atoms with Crippen LogP contribution in [-0.2, 0) is 9.53 Å². The van der Waals surface area contributed by atoms with Crippen molar-refractivity contribution in [2.45, 2.75) is 18.9 Å². The van der Waals surface area contributed by atoms with Gasteiger partial charge in [-0.1, -0.05) is 0 Å². The minimum absolute atomic E-state index is 0.407. The van der Waals surface area contributed by atoms with Crippen molar-refractivity contribution in [3.63, 3.8) is 0 Å². The number of amides is 1. The molecule has 3 nitrogen and oxygen atoms in total. The quantitative estimate of drug-likeness (QED) is 0.480. The van der Waals surface area contributed by atoms with Crippen molar-refractivity contribution >= 4 is 5.91 Å². The topological polar surface area (TPSA) is 50.1 Å². The van der Waals surface area contributed by atoms with E-state index in [-0.39, 0.29) is 0 Å². The van der Waals surface area contributed by atoms with Gasteiger partial charge in [0.05, 0.1) is 0 Å². The molecule has 1 fully saturated rings. The van der Waals surface area contributed by atoms with Gasteiger partial charge in [0.25, 0.3) is 5.91 Å². The highest BCUT2D eigenvalue weighted by molar-refractivity contribution is 5.78. The SMILES string of the molecule is [NH]C(=O)C1CCCO1. The molecule has 0 aromatic carbocycles. The third-order valence-corrected chi connectivity index (χ3v) is 1.22. The second-order valence-electron chi connectivity index (χ2n) is 1.87. The number of hydrogen-bond acceptors (Lipinski definition) is 2. The number of ether oxygens (including phenoxy) is 1. The van der Waals surface area contributed by atoms with Crippen LogP contribution in [0.25, 0.3) is 0 Å². The molecular formula is C5H8NO2. The first-order valence-electron chi connectivity index (χ1n) is 2.68. The first-order valence-corrected chi connectivity index (χ1v) is 2.68. The maximum Gasteiger partial charge on any atom is 0.267 e. The van der Waals surface area contributed by atoms with Gasteiger partial charge in [-0.15, -0.1) is 0 Å². The lowest BCUT2D eigenvalue weighted by atomic mass is 10.2. The van der Waals surface area contributed by atoms with Gasteiger partial charge in [0.1, 0.15) is 6.10 Å². The molecule has 1 amide bonds. The zero-order chi connectivity index (χ0) is 5.98. The first-order chi connectivity index (χ1) is 3.80. The number of carbonyl (C=O) groups excluding carboxylic acids is 1. The summed E-state index contributed by atoms with van der Waals surface area (Å²) in [4.78, 5) is 10.2. The molecule has 1 aliphatic heterocycles. The maximum atomic E-state index is 10.2. The summed E-state index contributed by atoms with van der Waals surface area (Å²) < 4.78 is 4.88. The van der Waals surface area contributed by atoms with Crippen molar-refractivity contribution in [3.8, 4) is 0 Å². The fraction of sp³-hybridized carbons (Fsp3) is 0.800. The minimum atomic E-state index is -0.581. The molecule has 1 rings (SSSR count). The summed E-state index contributed by atoms with van der Waals surface area (Å²) >= 11 is 0. The Morgan fingerprint density at radius 2 is 2.50 bits per heavy atom. The zero-order valence-corrected chi connectivity index (χ0v) is 4.52. The maximum absolute atomic E-state index is 10.2. The molecule has 0 saturated carbocycles. The third-order valence-electron chi connectivity index (χ3n) is 1.22. The fourth-order valence-corrected chi connectivity index (χ4v) is 0.784. The van der Waals surface area contributed by atoms with Crippen molar-refractivity contribution in [2.75, 3.05) is 6.61 Å². The Kier molecular flexibility index (Phi) is 1.48. The average molecular weight is 114 g/mol. The fourth-order valence-electron chi connectivity index (χ4n) is 0.784. The Hall–Kier alpha value is -0.570. The van der Waals surface area contributed by atoms with Crippen LogP contribution in [0.4, 0.5) is 0 Å². The largest absolute Gasteiger partial charge is 0.368 e. The van der Waals surface area contributed by atoms with Crippen molar-refractivity contribution in [1.82, 2.24) is 5.73 Å². The van der Waals surface area contributed by atoms with Crippen LogP contribution >= 0.6 is 0 Å². The van der Waals surface area contributed by atoms with Gasteiger partial charge in [-0.2, -0.15) is 0 Å². The van der Waals surface area contributed by atoms with E-state index >= 15 is 0 Å². The molecule has 0 aliphatic carbocycles. The highest BCUT2D eigenvalue weighted by Gasteiger charge is 2.20. The van der Waals surface area contributed by atoms with E-state index in [9.17, 15) is 4.79 Å². The lowest BCUT2D eigenvalue weighted by Crippen LogP contribution is -2.19. The summed E-state index contributed by atoms with van der Waals surface area (Å²) in [6, 6.07) is 0. The van der Waals surface area contributed by atoms with Crippen LogP contribution in [0.1, 0.15) is 12.8 Å². The van der Waals surface area contributed by atoms with Crippen molar-refractivity contribution in [1.29, 1.82) is 0 Å². The molecule has 0 aromatic heterocycles. The van der Waals surface area contributed by atoms with E-state index in [1.54, 1.807) is 0 Å². The predicted molar refractivity (Wildman–Crippen MR) is 27.1 cm³/mol. The molecule has 1 saturated heterocycles. The van der Waals surface area contributed by atoms with Crippen LogP contribution < -0.4 is 5.73 Å². The van der Waals surface area contributed by atoms with Crippen LogP contribution in [0.15, 0.2) is 0 Å². The van der Waals surface area contributed by atoms with Gasteiger partial charge < -0.3 is 4.74 Å². The van der Waals surface area contributed by atoms with Crippen LogP contribution in [0, 0.1) is 0 Å². The molecule has 45 valence electrons. The van der Waals surface area contributed by atoms with Gasteiger partial charge in [-0.25, -0.2) is 0 Å². The summed E-state index contributed by atoms with van der Waals surface area (Å²) in [5.41, 5.74) is 6.61. The van der Waals surface area contributed by atoms with Gasteiger partial charge in [-0.3, -0.25) is 10.5 Å². The van der Waals surface area contributed by atoms with E-state index in [0.29, 0.717) is 6.61 Å². The molecule has 1 radical (unpaired) electrons. The van der Waals surface area contributed by atoms with E-state index in [2.05, 4.69) is 0 Å². The van der Waals surface area contributed by atoms with Crippen molar-refractivity contribution in [3.05, 3.63) is 0 Å².